The molecule has 1 saturated heterocycles. The summed E-state index contributed by atoms with van der Waals surface area (Å²) in [6.45, 7) is 3.24. The molecule has 0 radical (unpaired) electrons. The maximum Gasteiger partial charge on any atom is 0.414 e. The first kappa shape index (κ1) is 17.7. The van der Waals surface area contributed by atoms with Crippen molar-refractivity contribution in [2.45, 2.75) is 24.8 Å². The van der Waals surface area contributed by atoms with Gasteiger partial charge in [-0.1, -0.05) is 16.8 Å². The highest BCUT2D eigenvalue weighted by atomic mass is 35.5. The van der Waals surface area contributed by atoms with Crippen LogP contribution in [0.4, 0.5) is 10.5 Å². The van der Waals surface area contributed by atoms with Crippen molar-refractivity contribution in [1.82, 2.24) is 9.88 Å². The summed E-state index contributed by atoms with van der Waals surface area (Å²) >= 11 is 5.83. The predicted octanol–water partition coefficient (Wildman–Crippen LogP) is 2.25. The van der Waals surface area contributed by atoms with Crippen molar-refractivity contribution in [1.29, 1.82) is 0 Å². The standard InChI is InChI=1S/C15H16ClN3O5S/c1-9-14(10(2)24-18-9)25(21,22)17-7-13-8-19(15(20)23-13)12-5-3-11(16)4-6-12/h3-6,13,17H,7-8H2,1-2H3. The Balaban J connectivity index is 1.67. The molecule has 8 nitrogen and oxygen atoms in total. The molecule has 25 heavy (non-hydrogen) atoms. The van der Waals surface area contributed by atoms with Gasteiger partial charge >= 0.3 is 6.09 Å². The largest absolute Gasteiger partial charge is 0.443 e. The van der Waals surface area contributed by atoms with Crippen LogP contribution in [0.3, 0.4) is 0 Å². The van der Waals surface area contributed by atoms with Crippen molar-refractivity contribution in [3.63, 3.8) is 0 Å². The van der Waals surface area contributed by atoms with Gasteiger partial charge in [0.1, 0.15) is 16.7 Å². The molecular formula is C15H16ClN3O5S. The molecule has 1 atom stereocenters. The number of rotatable bonds is 5. The van der Waals surface area contributed by atoms with E-state index >= 15 is 0 Å². The molecule has 1 aliphatic heterocycles. The van der Waals surface area contributed by atoms with Crippen LogP contribution in [-0.4, -0.2) is 38.9 Å². The number of hydrogen-bond acceptors (Lipinski definition) is 6. The number of nitrogens with one attached hydrogen (secondary N) is 1. The Morgan fingerprint density at radius 2 is 2.00 bits per heavy atom. The van der Waals surface area contributed by atoms with E-state index in [0.29, 0.717) is 10.7 Å². The summed E-state index contributed by atoms with van der Waals surface area (Å²) in [5, 5.41) is 4.19. The van der Waals surface area contributed by atoms with Crippen molar-refractivity contribution in [3.05, 3.63) is 40.7 Å². The fourth-order valence-corrected chi connectivity index (χ4v) is 4.11. The lowest BCUT2D eigenvalue weighted by Crippen LogP contribution is -2.35. The van der Waals surface area contributed by atoms with E-state index in [4.69, 9.17) is 20.9 Å². The van der Waals surface area contributed by atoms with Crippen LogP contribution in [0.2, 0.25) is 5.02 Å². The molecule has 2 heterocycles. The van der Waals surface area contributed by atoms with Crippen LogP contribution in [0, 0.1) is 13.8 Å². The Kier molecular flexibility index (Phi) is 4.72. The van der Waals surface area contributed by atoms with Gasteiger partial charge in [-0.2, -0.15) is 0 Å². The molecule has 1 N–H and O–H groups in total. The molecule has 1 amide bonds. The zero-order valence-electron chi connectivity index (χ0n) is 13.5. The topological polar surface area (TPSA) is 102 Å². The molecule has 1 aliphatic rings. The van der Waals surface area contributed by atoms with E-state index < -0.39 is 22.2 Å². The number of carbonyl (C=O) groups is 1. The minimum atomic E-state index is -3.80. The van der Waals surface area contributed by atoms with Gasteiger partial charge in [-0.05, 0) is 38.1 Å². The van der Waals surface area contributed by atoms with Gasteiger partial charge in [0.25, 0.3) is 0 Å². The first-order valence-electron chi connectivity index (χ1n) is 7.44. The third-order valence-corrected chi connectivity index (χ3v) is 5.67. The minimum absolute atomic E-state index is 0.00591. The smallest absolute Gasteiger partial charge is 0.414 e. The quantitative estimate of drug-likeness (QED) is 0.846. The maximum absolute atomic E-state index is 12.4. The van der Waals surface area contributed by atoms with E-state index in [2.05, 4.69) is 9.88 Å². The fraction of sp³-hybridized carbons (Fsp3) is 0.333. The highest BCUT2D eigenvalue weighted by Crippen LogP contribution is 2.24. The van der Waals surface area contributed by atoms with Crippen molar-refractivity contribution < 1.29 is 22.5 Å². The normalized spacial score (nSPS) is 17.8. The molecule has 10 heteroatoms. The van der Waals surface area contributed by atoms with Crippen LogP contribution in [0.5, 0.6) is 0 Å². The van der Waals surface area contributed by atoms with E-state index in [1.165, 1.54) is 11.8 Å². The zero-order valence-corrected chi connectivity index (χ0v) is 15.1. The number of halogens is 1. The lowest BCUT2D eigenvalue weighted by molar-refractivity contribution is 0.143. The molecule has 0 spiro atoms. The highest BCUT2D eigenvalue weighted by molar-refractivity contribution is 7.89. The second-order valence-electron chi connectivity index (χ2n) is 5.60. The average molecular weight is 386 g/mol. The van der Waals surface area contributed by atoms with Gasteiger partial charge in [0, 0.05) is 17.3 Å². The number of aryl methyl sites for hydroxylation is 2. The zero-order chi connectivity index (χ0) is 18.2. The number of sulfonamides is 1. The van der Waals surface area contributed by atoms with Crippen LogP contribution in [0.25, 0.3) is 0 Å². The SMILES string of the molecule is Cc1noc(C)c1S(=O)(=O)NCC1CN(c2ccc(Cl)cc2)C(=O)O1. The van der Waals surface area contributed by atoms with Crippen LogP contribution >= 0.6 is 11.6 Å². The molecular weight excluding hydrogens is 370 g/mol. The van der Waals surface area contributed by atoms with E-state index in [1.54, 1.807) is 31.2 Å². The molecule has 1 unspecified atom stereocenters. The summed E-state index contributed by atoms with van der Waals surface area (Å²) in [5.74, 6) is 0.205. The maximum atomic E-state index is 12.4. The van der Waals surface area contributed by atoms with Crippen molar-refractivity contribution in [2.24, 2.45) is 0 Å². The highest BCUT2D eigenvalue weighted by Gasteiger charge is 2.34. The summed E-state index contributed by atoms with van der Waals surface area (Å²) in [7, 11) is -3.80. The molecule has 134 valence electrons. The van der Waals surface area contributed by atoms with Crippen LogP contribution in [-0.2, 0) is 14.8 Å². The number of cyclic esters (lactones) is 1. The number of nitrogens with zero attached hydrogens (tertiary/aromatic N) is 2. The summed E-state index contributed by atoms with van der Waals surface area (Å²) in [6, 6.07) is 6.72. The first-order valence-corrected chi connectivity index (χ1v) is 9.30. The molecule has 1 fully saturated rings. The van der Waals surface area contributed by atoms with Crippen LogP contribution < -0.4 is 9.62 Å². The lowest BCUT2D eigenvalue weighted by atomic mass is 10.3. The van der Waals surface area contributed by atoms with Crippen molar-refractivity contribution in [2.75, 3.05) is 18.0 Å². The molecule has 2 aromatic rings. The second kappa shape index (κ2) is 6.66. The Bertz CT molecular complexity index is 875. The number of anilines is 1. The fourth-order valence-electron chi connectivity index (χ4n) is 2.59. The Hall–Kier alpha value is -2.10. The predicted molar refractivity (Wildman–Crippen MR) is 90.2 cm³/mol. The number of hydrogen-bond donors (Lipinski definition) is 1. The van der Waals surface area contributed by atoms with E-state index in [1.807, 2.05) is 0 Å². The van der Waals surface area contributed by atoms with E-state index in [9.17, 15) is 13.2 Å². The number of carbonyl (C=O) groups excluding carboxylic acids is 1. The molecule has 3 rings (SSSR count). The van der Waals surface area contributed by atoms with E-state index in [0.717, 1.165) is 0 Å². The van der Waals surface area contributed by atoms with Crippen molar-refractivity contribution >= 4 is 33.4 Å². The molecule has 0 saturated carbocycles. The van der Waals surface area contributed by atoms with Gasteiger partial charge in [0.2, 0.25) is 10.0 Å². The molecule has 1 aromatic carbocycles. The van der Waals surface area contributed by atoms with Gasteiger partial charge in [-0.3, -0.25) is 4.90 Å². The second-order valence-corrected chi connectivity index (χ2v) is 7.74. The monoisotopic (exact) mass is 385 g/mol. The van der Waals surface area contributed by atoms with Crippen LogP contribution in [0.15, 0.2) is 33.7 Å². The number of aromatic nitrogens is 1. The summed E-state index contributed by atoms with van der Waals surface area (Å²) in [4.78, 5) is 13.4. The Morgan fingerprint density at radius 3 is 2.60 bits per heavy atom. The number of benzene rings is 1. The summed E-state index contributed by atoms with van der Waals surface area (Å²) in [5.41, 5.74) is 0.904. The first-order chi connectivity index (χ1) is 11.8. The third kappa shape index (κ3) is 3.63. The lowest BCUT2D eigenvalue weighted by Gasteiger charge is -2.13. The van der Waals surface area contributed by atoms with Crippen molar-refractivity contribution in [3.8, 4) is 0 Å². The minimum Gasteiger partial charge on any atom is -0.443 e. The van der Waals surface area contributed by atoms with Crippen LogP contribution in [0.1, 0.15) is 11.5 Å². The summed E-state index contributed by atoms with van der Waals surface area (Å²) < 4.78 is 37.3. The van der Waals surface area contributed by atoms with Gasteiger partial charge in [-0.15, -0.1) is 0 Å². The third-order valence-electron chi connectivity index (χ3n) is 3.75. The van der Waals surface area contributed by atoms with Gasteiger partial charge < -0.3 is 9.26 Å². The number of amides is 1. The Morgan fingerprint density at radius 1 is 1.32 bits per heavy atom. The van der Waals surface area contributed by atoms with Gasteiger partial charge in [-0.25, -0.2) is 17.9 Å². The van der Waals surface area contributed by atoms with Gasteiger partial charge in [0.15, 0.2) is 5.76 Å². The molecule has 0 bridgehead atoms. The molecule has 1 aromatic heterocycles. The van der Waals surface area contributed by atoms with E-state index in [-0.39, 0.29) is 29.4 Å². The van der Waals surface area contributed by atoms with Gasteiger partial charge in [0.05, 0.1) is 6.54 Å². The number of ether oxygens (including phenoxy) is 1. The average Bonchev–Trinajstić information content (AvgIpc) is 3.09. The Labute approximate surface area is 149 Å². The molecule has 0 aliphatic carbocycles. The summed E-state index contributed by atoms with van der Waals surface area (Å²) in [6.07, 6.45) is -1.15.